The molecule has 16 heavy (non-hydrogen) atoms. The molecule has 0 aliphatic heterocycles. The van der Waals surface area contributed by atoms with Crippen molar-refractivity contribution in [2.24, 2.45) is 0 Å². The zero-order valence-corrected chi connectivity index (χ0v) is 10.3. The van der Waals surface area contributed by atoms with E-state index in [1.807, 2.05) is 0 Å². The van der Waals surface area contributed by atoms with Gasteiger partial charge in [0.25, 0.3) is 0 Å². The van der Waals surface area contributed by atoms with Crippen LogP contribution in [0.1, 0.15) is 23.2 Å². The van der Waals surface area contributed by atoms with E-state index in [9.17, 15) is 13.2 Å². The molecule has 0 N–H and O–H groups in total. The summed E-state index contributed by atoms with van der Waals surface area (Å²) in [5.74, 6) is 0.482. The third-order valence-corrected chi connectivity index (χ3v) is 4.31. The second-order valence-corrected chi connectivity index (χ2v) is 5.83. The Morgan fingerprint density at radius 3 is 2.50 bits per heavy atom. The molecule has 0 aliphatic carbocycles. The normalized spacial score (nSPS) is 11.3. The van der Waals surface area contributed by atoms with Gasteiger partial charge < -0.3 is 0 Å². The Morgan fingerprint density at radius 1 is 1.19 bits per heavy atom. The summed E-state index contributed by atoms with van der Waals surface area (Å²) in [6.07, 6.45) is 1.73. The number of alkyl halides is 1. The molecule has 3 nitrogen and oxygen atoms in total. The van der Waals surface area contributed by atoms with Gasteiger partial charge in [0, 0.05) is 11.4 Å². The number of benzene rings is 1. The van der Waals surface area contributed by atoms with E-state index in [2.05, 4.69) is 0 Å². The van der Waals surface area contributed by atoms with Gasteiger partial charge in [-0.2, -0.15) is 0 Å². The number of rotatable bonds is 6. The van der Waals surface area contributed by atoms with E-state index in [1.165, 1.54) is 12.1 Å². The van der Waals surface area contributed by atoms with E-state index in [4.69, 9.17) is 11.6 Å². The molecule has 0 atom stereocenters. The van der Waals surface area contributed by atoms with Crippen LogP contribution in [-0.4, -0.2) is 26.3 Å². The fourth-order valence-electron chi connectivity index (χ4n) is 1.36. The van der Waals surface area contributed by atoms with Crippen molar-refractivity contribution in [3.8, 4) is 0 Å². The lowest BCUT2D eigenvalue weighted by Gasteiger charge is -2.05. The Morgan fingerprint density at radius 2 is 1.88 bits per heavy atom. The predicted octanol–water partition coefficient (Wildman–Crippen LogP) is 2.29. The molecule has 0 saturated heterocycles. The van der Waals surface area contributed by atoms with Crippen LogP contribution in [0.3, 0.4) is 0 Å². The van der Waals surface area contributed by atoms with Gasteiger partial charge in [-0.15, -0.1) is 11.6 Å². The SMILES string of the molecule is O=Cc1ccccc1S(=O)(=O)CCCCCl. The maximum atomic E-state index is 11.9. The van der Waals surface area contributed by atoms with Gasteiger partial charge in [0.2, 0.25) is 0 Å². The molecule has 0 bridgehead atoms. The molecule has 1 rings (SSSR count). The molecule has 0 aliphatic rings. The number of hydrogen-bond acceptors (Lipinski definition) is 3. The Labute approximate surface area is 100 Å². The zero-order valence-electron chi connectivity index (χ0n) is 8.73. The summed E-state index contributed by atoms with van der Waals surface area (Å²) in [6, 6.07) is 6.21. The van der Waals surface area contributed by atoms with Crippen LogP contribution in [0.15, 0.2) is 29.2 Å². The molecule has 5 heteroatoms. The first-order valence-corrected chi connectivity index (χ1v) is 7.13. The Hall–Kier alpha value is -0.870. The molecule has 0 amide bonds. The largest absolute Gasteiger partial charge is 0.298 e. The van der Waals surface area contributed by atoms with Crippen LogP contribution in [0.4, 0.5) is 0 Å². The Bertz CT molecular complexity index is 454. The molecule has 88 valence electrons. The minimum Gasteiger partial charge on any atom is -0.298 e. The lowest BCUT2D eigenvalue weighted by molar-refractivity contribution is 0.112. The monoisotopic (exact) mass is 260 g/mol. The summed E-state index contributed by atoms with van der Waals surface area (Å²) in [5, 5.41) is 0. The van der Waals surface area contributed by atoms with Gasteiger partial charge in [-0.3, -0.25) is 4.79 Å². The highest BCUT2D eigenvalue weighted by atomic mass is 35.5. The van der Waals surface area contributed by atoms with Crippen molar-refractivity contribution in [1.29, 1.82) is 0 Å². The third kappa shape index (κ3) is 3.32. The second kappa shape index (κ2) is 6.01. The third-order valence-electron chi connectivity index (χ3n) is 2.18. The summed E-state index contributed by atoms with van der Waals surface area (Å²) in [5.41, 5.74) is 0.216. The van der Waals surface area contributed by atoms with Crippen LogP contribution in [0, 0.1) is 0 Å². The van der Waals surface area contributed by atoms with Crippen LogP contribution < -0.4 is 0 Å². The quantitative estimate of drug-likeness (QED) is 0.448. The minimum absolute atomic E-state index is 0.0323. The van der Waals surface area contributed by atoms with Gasteiger partial charge in [-0.1, -0.05) is 18.2 Å². The van der Waals surface area contributed by atoms with Gasteiger partial charge in [0.1, 0.15) is 0 Å². The minimum atomic E-state index is -3.37. The topological polar surface area (TPSA) is 51.2 Å². The fraction of sp³-hybridized carbons (Fsp3) is 0.364. The smallest absolute Gasteiger partial charge is 0.179 e. The number of hydrogen-bond donors (Lipinski definition) is 0. The molecular formula is C11H13ClO3S. The molecule has 1 aromatic rings. The Balaban J connectivity index is 2.93. The maximum absolute atomic E-state index is 11.9. The molecule has 0 saturated carbocycles. The first kappa shape index (κ1) is 13.2. The molecule has 0 aromatic heterocycles. The van der Waals surface area contributed by atoms with Crippen molar-refractivity contribution >= 4 is 27.7 Å². The van der Waals surface area contributed by atoms with Crippen molar-refractivity contribution in [2.45, 2.75) is 17.7 Å². The molecular weight excluding hydrogens is 248 g/mol. The highest BCUT2D eigenvalue weighted by molar-refractivity contribution is 7.91. The number of halogens is 1. The standard InChI is InChI=1S/C11H13ClO3S/c12-7-3-4-8-16(14,15)11-6-2-1-5-10(11)9-13/h1-2,5-6,9H,3-4,7-8H2. The first-order chi connectivity index (χ1) is 7.61. The van der Waals surface area contributed by atoms with Crippen LogP contribution in [-0.2, 0) is 9.84 Å². The van der Waals surface area contributed by atoms with Gasteiger partial charge in [-0.25, -0.2) is 8.42 Å². The molecule has 1 aromatic carbocycles. The number of unbranched alkanes of at least 4 members (excludes halogenated alkanes) is 1. The van der Waals surface area contributed by atoms with Crippen molar-refractivity contribution in [3.63, 3.8) is 0 Å². The summed E-state index contributed by atoms with van der Waals surface area (Å²) in [7, 11) is -3.37. The first-order valence-electron chi connectivity index (χ1n) is 4.95. The number of aldehydes is 1. The maximum Gasteiger partial charge on any atom is 0.179 e. The van der Waals surface area contributed by atoms with E-state index in [0.717, 1.165) is 0 Å². The van der Waals surface area contributed by atoms with Gasteiger partial charge >= 0.3 is 0 Å². The average Bonchev–Trinajstić information content (AvgIpc) is 2.29. The second-order valence-electron chi connectivity index (χ2n) is 3.37. The number of carbonyl (C=O) groups is 1. The van der Waals surface area contributed by atoms with E-state index in [-0.39, 0.29) is 16.2 Å². The summed E-state index contributed by atoms with van der Waals surface area (Å²) >= 11 is 5.48. The highest BCUT2D eigenvalue weighted by Gasteiger charge is 2.17. The van der Waals surface area contributed by atoms with E-state index < -0.39 is 9.84 Å². The lowest BCUT2D eigenvalue weighted by Crippen LogP contribution is -2.09. The molecule has 0 spiro atoms. The van der Waals surface area contributed by atoms with Crippen LogP contribution in [0.2, 0.25) is 0 Å². The van der Waals surface area contributed by atoms with E-state index in [1.54, 1.807) is 12.1 Å². The number of carbonyl (C=O) groups excluding carboxylic acids is 1. The van der Waals surface area contributed by atoms with Crippen molar-refractivity contribution in [1.82, 2.24) is 0 Å². The predicted molar refractivity (Wildman–Crippen MR) is 63.8 cm³/mol. The summed E-state index contributed by atoms with van der Waals surface area (Å²) in [4.78, 5) is 10.8. The molecule has 0 unspecified atom stereocenters. The fourth-order valence-corrected chi connectivity index (χ4v) is 3.11. The van der Waals surface area contributed by atoms with Gasteiger partial charge in [-0.05, 0) is 18.9 Å². The highest BCUT2D eigenvalue weighted by Crippen LogP contribution is 2.16. The number of sulfone groups is 1. The van der Waals surface area contributed by atoms with Gasteiger partial charge in [0.15, 0.2) is 16.1 Å². The molecule has 0 radical (unpaired) electrons. The Kier molecular flexibility index (Phi) is 4.96. The van der Waals surface area contributed by atoms with E-state index >= 15 is 0 Å². The summed E-state index contributed by atoms with van der Waals surface area (Å²) < 4.78 is 23.8. The van der Waals surface area contributed by atoms with E-state index in [0.29, 0.717) is 25.0 Å². The van der Waals surface area contributed by atoms with Crippen molar-refractivity contribution in [2.75, 3.05) is 11.6 Å². The van der Waals surface area contributed by atoms with Gasteiger partial charge in [0.05, 0.1) is 10.6 Å². The molecule has 0 heterocycles. The van der Waals surface area contributed by atoms with Crippen molar-refractivity contribution in [3.05, 3.63) is 29.8 Å². The molecule has 0 fully saturated rings. The average molecular weight is 261 g/mol. The van der Waals surface area contributed by atoms with Crippen LogP contribution >= 0.6 is 11.6 Å². The van der Waals surface area contributed by atoms with Crippen molar-refractivity contribution < 1.29 is 13.2 Å². The van der Waals surface area contributed by atoms with Crippen LogP contribution in [0.5, 0.6) is 0 Å². The van der Waals surface area contributed by atoms with Crippen LogP contribution in [0.25, 0.3) is 0 Å². The zero-order chi connectivity index (χ0) is 12.0. The lowest BCUT2D eigenvalue weighted by atomic mass is 10.2. The summed E-state index contributed by atoms with van der Waals surface area (Å²) in [6.45, 7) is 0.